The molecule has 1 aromatic rings. The zero-order valence-corrected chi connectivity index (χ0v) is 21.5. The smallest absolute Gasteiger partial charge is 0.376 e. The second-order valence-corrected chi connectivity index (χ2v) is 10.6. The Bertz CT molecular complexity index is 1040. The van der Waals surface area contributed by atoms with Crippen molar-refractivity contribution >= 4 is 17.6 Å². The Kier molecular flexibility index (Phi) is 9.20. The van der Waals surface area contributed by atoms with Gasteiger partial charge in [0.15, 0.2) is 5.78 Å². The number of piperidine rings is 1. The topological polar surface area (TPSA) is 96.5 Å². The lowest BCUT2D eigenvalue weighted by Gasteiger charge is -2.38. The summed E-state index contributed by atoms with van der Waals surface area (Å²) < 4.78 is 60.9. The van der Waals surface area contributed by atoms with Gasteiger partial charge in [-0.1, -0.05) is 12.1 Å². The summed E-state index contributed by atoms with van der Waals surface area (Å²) in [6, 6.07) is 2.32. The first-order valence-corrected chi connectivity index (χ1v) is 13.4. The zero-order valence-electron chi connectivity index (χ0n) is 21.5. The zero-order chi connectivity index (χ0) is 27.4. The van der Waals surface area contributed by atoms with E-state index in [0.717, 1.165) is 12.8 Å². The van der Waals surface area contributed by atoms with Gasteiger partial charge in [0.2, 0.25) is 11.8 Å². The number of alkyl halides is 3. The molecule has 0 bridgehead atoms. The Morgan fingerprint density at radius 2 is 1.84 bits per heavy atom. The molecule has 1 aliphatic carbocycles. The van der Waals surface area contributed by atoms with Crippen molar-refractivity contribution in [2.24, 2.45) is 5.92 Å². The number of nitrogens with one attached hydrogen (secondary N) is 3. The second kappa shape index (κ2) is 12.2. The maximum absolute atomic E-state index is 15.8. The molecule has 3 aliphatic rings. The summed E-state index contributed by atoms with van der Waals surface area (Å²) in [6.45, 7) is 1.80. The molecule has 0 radical (unpaired) electrons. The molecule has 2 heterocycles. The standard InChI is InChI=1S/C27H35F4N3O4/c1-15(35)19-9-4-16(25(28)20(19)14-32-22-10-11-24(36)34-26(22)37)13-23-21(3-2-12-38-23)33-18-7-5-17(6-8-18)27(29,30)31/h4,9,17-18,21-23,32-33H,2-3,5-8,10-14H2,1H3,(H,34,36,37)/t17-,18-,21-,22?,23+/m0/s1. The number of carbonyl (C=O) groups is 3. The van der Waals surface area contributed by atoms with Gasteiger partial charge >= 0.3 is 6.18 Å². The van der Waals surface area contributed by atoms with E-state index >= 15 is 4.39 Å². The largest absolute Gasteiger partial charge is 0.391 e. The average molecular weight is 542 g/mol. The molecule has 2 amide bonds. The van der Waals surface area contributed by atoms with Crippen molar-refractivity contribution in [3.63, 3.8) is 0 Å². The van der Waals surface area contributed by atoms with Crippen LogP contribution in [0.25, 0.3) is 0 Å². The van der Waals surface area contributed by atoms with Gasteiger partial charge in [-0.25, -0.2) is 4.39 Å². The molecule has 1 unspecified atom stereocenters. The fourth-order valence-electron chi connectivity index (χ4n) is 5.78. The summed E-state index contributed by atoms with van der Waals surface area (Å²) in [5.41, 5.74) is 0.742. The first kappa shape index (κ1) is 28.6. The molecule has 4 rings (SSSR count). The van der Waals surface area contributed by atoms with E-state index in [0.29, 0.717) is 25.0 Å². The summed E-state index contributed by atoms with van der Waals surface area (Å²) in [4.78, 5) is 35.7. The Labute approximate surface area is 219 Å². The predicted molar refractivity (Wildman–Crippen MR) is 131 cm³/mol. The third-order valence-electron chi connectivity index (χ3n) is 7.97. The SMILES string of the molecule is CC(=O)c1ccc(C[C@H]2OCCC[C@@H]2N[C@H]2CC[C@H](C(F)(F)F)CC2)c(F)c1CNC1CCC(=O)NC1=O. The number of ether oxygens (including phenoxy) is 1. The van der Waals surface area contributed by atoms with Gasteiger partial charge < -0.3 is 15.4 Å². The van der Waals surface area contributed by atoms with Crippen LogP contribution in [0.15, 0.2) is 12.1 Å². The minimum atomic E-state index is -4.16. The van der Waals surface area contributed by atoms with Crippen molar-refractivity contribution < 1.29 is 36.7 Å². The number of carbonyl (C=O) groups excluding carboxylic acids is 3. The van der Waals surface area contributed by atoms with Gasteiger partial charge in [0.05, 0.1) is 18.1 Å². The number of halogens is 4. The second-order valence-electron chi connectivity index (χ2n) is 10.6. The van der Waals surface area contributed by atoms with E-state index in [9.17, 15) is 27.6 Å². The lowest BCUT2D eigenvalue weighted by Crippen LogP contribution is -2.51. The number of benzene rings is 1. The fourth-order valence-corrected chi connectivity index (χ4v) is 5.78. The van der Waals surface area contributed by atoms with Crippen LogP contribution in [0.5, 0.6) is 0 Å². The van der Waals surface area contributed by atoms with Gasteiger partial charge in [-0.3, -0.25) is 19.7 Å². The van der Waals surface area contributed by atoms with Crippen molar-refractivity contribution in [1.82, 2.24) is 16.0 Å². The Hall–Kier alpha value is -2.37. The van der Waals surface area contributed by atoms with Crippen LogP contribution >= 0.6 is 0 Å². The summed E-state index contributed by atoms with van der Waals surface area (Å²) in [7, 11) is 0. The number of hydrogen-bond acceptors (Lipinski definition) is 6. The molecule has 3 fully saturated rings. The van der Waals surface area contributed by atoms with E-state index < -0.39 is 29.9 Å². The van der Waals surface area contributed by atoms with Crippen LogP contribution in [-0.2, 0) is 27.3 Å². The van der Waals surface area contributed by atoms with Crippen LogP contribution in [0.3, 0.4) is 0 Å². The normalized spacial score (nSPS) is 28.7. The van der Waals surface area contributed by atoms with Gasteiger partial charge in [-0.05, 0) is 57.4 Å². The first-order valence-electron chi connectivity index (χ1n) is 13.4. The molecule has 0 spiro atoms. The predicted octanol–water partition coefficient (Wildman–Crippen LogP) is 3.72. The number of amides is 2. The highest BCUT2D eigenvalue weighted by molar-refractivity contribution is 6.00. The first-order chi connectivity index (χ1) is 18.0. The summed E-state index contributed by atoms with van der Waals surface area (Å²) in [6.07, 6.45) is -1.16. The molecule has 11 heteroatoms. The van der Waals surface area contributed by atoms with Gasteiger partial charge in [0, 0.05) is 49.2 Å². The summed E-state index contributed by atoms with van der Waals surface area (Å²) >= 11 is 0. The van der Waals surface area contributed by atoms with Crippen LogP contribution in [0.4, 0.5) is 17.6 Å². The van der Waals surface area contributed by atoms with Crippen molar-refractivity contribution in [2.45, 2.75) is 102 Å². The average Bonchev–Trinajstić information content (AvgIpc) is 2.86. The highest BCUT2D eigenvalue weighted by atomic mass is 19.4. The van der Waals surface area contributed by atoms with Crippen molar-refractivity contribution in [3.05, 3.63) is 34.6 Å². The van der Waals surface area contributed by atoms with E-state index in [1.807, 2.05) is 0 Å². The van der Waals surface area contributed by atoms with Crippen molar-refractivity contribution in [3.8, 4) is 0 Å². The maximum atomic E-state index is 15.8. The molecule has 2 aliphatic heterocycles. The molecule has 2 saturated heterocycles. The van der Waals surface area contributed by atoms with Crippen LogP contribution in [0, 0.1) is 11.7 Å². The molecule has 1 aromatic carbocycles. The number of Topliss-reactive ketones (excluding diaryl/α,β-unsaturated/α-hetero) is 1. The molecule has 3 N–H and O–H groups in total. The highest BCUT2D eigenvalue weighted by Crippen LogP contribution is 2.38. The Morgan fingerprint density at radius 3 is 2.50 bits per heavy atom. The molecular formula is C27H35F4N3O4. The molecule has 7 nitrogen and oxygen atoms in total. The van der Waals surface area contributed by atoms with E-state index in [1.54, 1.807) is 12.1 Å². The Balaban J connectivity index is 1.43. The van der Waals surface area contributed by atoms with Gasteiger partial charge in [0.1, 0.15) is 5.82 Å². The molecule has 3 atom stereocenters. The van der Waals surface area contributed by atoms with Crippen LogP contribution in [-0.4, -0.2) is 54.6 Å². The fraction of sp³-hybridized carbons (Fsp3) is 0.667. The molecular weight excluding hydrogens is 506 g/mol. The van der Waals surface area contributed by atoms with Crippen molar-refractivity contribution in [1.29, 1.82) is 0 Å². The lowest BCUT2D eigenvalue weighted by atomic mass is 9.84. The number of rotatable bonds is 8. The monoisotopic (exact) mass is 541 g/mol. The Morgan fingerprint density at radius 1 is 1.11 bits per heavy atom. The molecule has 38 heavy (non-hydrogen) atoms. The summed E-state index contributed by atoms with van der Waals surface area (Å²) in [5.74, 6) is -2.93. The lowest BCUT2D eigenvalue weighted by molar-refractivity contribution is -0.183. The number of ketones is 1. The van der Waals surface area contributed by atoms with E-state index in [1.165, 1.54) is 6.92 Å². The molecule has 210 valence electrons. The van der Waals surface area contributed by atoms with E-state index in [-0.39, 0.29) is 79.7 Å². The molecule has 0 aromatic heterocycles. The van der Waals surface area contributed by atoms with E-state index in [2.05, 4.69) is 16.0 Å². The third-order valence-corrected chi connectivity index (χ3v) is 7.97. The number of imide groups is 1. The van der Waals surface area contributed by atoms with Crippen molar-refractivity contribution in [2.75, 3.05) is 6.61 Å². The van der Waals surface area contributed by atoms with Crippen LogP contribution in [0.2, 0.25) is 0 Å². The van der Waals surface area contributed by atoms with Gasteiger partial charge in [-0.2, -0.15) is 13.2 Å². The quantitative estimate of drug-likeness (QED) is 0.264. The highest BCUT2D eigenvalue weighted by Gasteiger charge is 2.42. The molecule has 1 saturated carbocycles. The third kappa shape index (κ3) is 6.98. The maximum Gasteiger partial charge on any atom is 0.391 e. The van der Waals surface area contributed by atoms with Gasteiger partial charge in [0.25, 0.3) is 0 Å². The minimum absolute atomic E-state index is 0.0407. The summed E-state index contributed by atoms with van der Waals surface area (Å²) in [5, 5.41) is 8.71. The van der Waals surface area contributed by atoms with Gasteiger partial charge in [-0.15, -0.1) is 0 Å². The van der Waals surface area contributed by atoms with E-state index in [4.69, 9.17) is 4.74 Å². The minimum Gasteiger partial charge on any atom is -0.376 e. The van der Waals surface area contributed by atoms with Crippen LogP contribution in [0.1, 0.15) is 79.8 Å². The number of hydrogen-bond donors (Lipinski definition) is 3. The van der Waals surface area contributed by atoms with Crippen LogP contribution < -0.4 is 16.0 Å².